The van der Waals surface area contributed by atoms with Crippen molar-refractivity contribution in [2.24, 2.45) is 0 Å². The largest absolute Gasteiger partial charge is 0.336 e. The van der Waals surface area contributed by atoms with Crippen molar-refractivity contribution in [1.29, 1.82) is 0 Å². The Bertz CT molecular complexity index is 819. The van der Waals surface area contributed by atoms with Crippen LogP contribution in [0.2, 0.25) is 0 Å². The molecule has 0 aliphatic heterocycles. The fourth-order valence-electron chi connectivity index (χ4n) is 2.25. The molecule has 3 aromatic rings. The highest BCUT2D eigenvalue weighted by Gasteiger charge is 2.08. The van der Waals surface area contributed by atoms with Gasteiger partial charge in [0, 0.05) is 44.4 Å². The molecule has 2 aromatic heterocycles. The van der Waals surface area contributed by atoms with Gasteiger partial charge in [0.05, 0.1) is 0 Å². The van der Waals surface area contributed by atoms with Crippen molar-refractivity contribution >= 4 is 6.03 Å². The second-order valence-corrected chi connectivity index (χ2v) is 5.25. The Morgan fingerprint density at radius 2 is 1.80 bits per heavy atom. The van der Waals surface area contributed by atoms with Gasteiger partial charge in [-0.1, -0.05) is 12.1 Å². The molecule has 0 bridgehead atoms. The van der Waals surface area contributed by atoms with E-state index in [1.807, 2.05) is 10.8 Å². The lowest BCUT2D eigenvalue weighted by atomic mass is 10.2. The van der Waals surface area contributed by atoms with Crippen LogP contribution in [0.3, 0.4) is 0 Å². The third kappa shape index (κ3) is 4.60. The van der Waals surface area contributed by atoms with E-state index >= 15 is 0 Å². The molecule has 2 amide bonds. The predicted octanol–water partition coefficient (Wildman–Crippen LogP) is 1.98. The molecular formula is C17H17FN6O. The second kappa shape index (κ2) is 8.00. The number of rotatable bonds is 6. The second-order valence-electron chi connectivity index (χ2n) is 5.25. The Morgan fingerprint density at radius 1 is 1.04 bits per heavy atom. The Balaban J connectivity index is 1.46. The quantitative estimate of drug-likeness (QED) is 0.718. The van der Waals surface area contributed by atoms with Gasteiger partial charge in [-0.05, 0) is 23.8 Å². The van der Waals surface area contributed by atoms with Crippen molar-refractivity contribution in [2.45, 2.75) is 13.1 Å². The van der Waals surface area contributed by atoms with Gasteiger partial charge in [0.2, 0.25) is 0 Å². The van der Waals surface area contributed by atoms with Crippen LogP contribution in [0.5, 0.6) is 0 Å². The number of nitrogens with zero attached hydrogens (tertiary/aromatic N) is 4. The minimum Gasteiger partial charge on any atom is -0.336 e. The number of urea groups is 1. The fourth-order valence-corrected chi connectivity index (χ4v) is 2.25. The van der Waals surface area contributed by atoms with Crippen LogP contribution in [0.1, 0.15) is 5.56 Å². The smallest absolute Gasteiger partial charge is 0.315 e. The maximum absolute atomic E-state index is 12.8. The lowest BCUT2D eigenvalue weighted by Crippen LogP contribution is -2.36. The molecule has 0 saturated heterocycles. The molecule has 2 N–H and O–H groups in total. The van der Waals surface area contributed by atoms with E-state index in [9.17, 15) is 9.18 Å². The van der Waals surface area contributed by atoms with Crippen molar-refractivity contribution in [3.63, 3.8) is 0 Å². The SMILES string of the molecule is O=C(NCCn1ccnc1-c1ncccn1)NCc1ccc(F)cc1. The Hall–Kier alpha value is -3.29. The van der Waals surface area contributed by atoms with Crippen molar-refractivity contribution < 1.29 is 9.18 Å². The van der Waals surface area contributed by atoms with Gasteiger partial charge >= 0.3 is 6.03 Å². The highest BCUT2D eigenvalue weighted by atomic mass is 19.1. The van der Waals surface area contributed by atoms with Crippen LogP contribution in [-0.2, 0) is 13.1 Å². The predicted molar refractivity (Wildman–Crippen MR) is 89.9 cm³/mol. The average Bonchev–Trinajstić information content (AvgIpc) is 3.10. The van der Waals surface area contributed by atoms with E-state index in [0.29, 0.717) is 31.3 Å². The van der Waals surface area contributed by atoms with E-state index in [-0.39, 0.29) is 11.8 Å². The number of halogens is 1. The number of benzene rings is 1. The van der Waals surface area contributed by atoms with Crippen LogP contribution in [-0.4, -0.2) is 32.1 Å². The zero-order valence-corrected chi connectivity index (χ0v) is 13.4. The van der Waals surface area contributed by atoms with E-state index < -0.39 is 0 Å². The number of carbonyl (C=O) groups is 1. The summed E-state index contributed by atoms with van der Waals surface area (Å²) in [6.07, 6.45) is 6.79. The zero-order valence-electron chi connectivity index (χ0n) is 13.4. The van der Waals surface area contributed by atoms with Gasteiger partial charge in [-0.3, -0.25) is 0 Å². The van der Waals surface area contributed by atoms with Crippen LogP contribution < -0.4 is 10.6 Å². The minimum atomic E-state index is -0.299. The Morgan fingerprint density at radius 3 is 2.56 bits per heavy atom. The summed E-state index contributed by atoms with van der Waals surface area (Å²) < 4.78 is 14.7. The first-order valence-electron chi connectivity index (χ1n) is 7.77. The molecule has 2 heterocycles. The summed E-state index contributed by atoms with van der Waals surface area (Å²) in [5.41, 5.74) is 0.828. The Labute approximate surface area is 144 Å². The molecule has 1 aromatic carbocycles. The number of amides is 2. The Kier molecular flexibility index (Phi) is 5.30. The third-order valence-electron chi connectivity index (χ3n) is 3.49. The highest BCUT2D eigenvalue weighted by Crippen LogP contribution is 2.10. The first-order valence-corrected chi connectivity index (χ1v) is 7.77. The minimum absolute atomic E-state index is 0.290. The molecule has 0 radical (unpaired) electrons. The number of imidazole rings is 1. The first kappa shape index (κ1) is 16.6. The van der Waals surface area contributed by atoms with Crippen LogP contribution in [0, 0.1) is 5.82 Å². The maximum atomic E-state index is 12.8. The third-order valence-corrected chi connectivity index (χ3v) is 3.49. The number of carbonyl (C=O) groups excluding carboxylic acids is 1. The lowest BCUT2D eigenvalue weighted by Gasteiger charge is -2.09. The van der Waals surface area contributed by atoms with Crippen molar-refractivity contribution in [3.8, 4) is 11.6 Å². The molecule has 7 nitrogen and oxygen atoms in total. The maximum Gasteiger partial charge on any atom is 0.315 e. The summed E-state index contributed by atoms with van der Waals surface area (Å²) in [4.78, 5) is 24.4. The molecule has 0 saturated carbocycles. The van der Waals surface area contributed by atoms with Gasteiger partial charge in [0.15, 0.2) is 11.6 Å². The summed E-state index contributed by atoms with van der Waals surface area (Å²) in [5.74, 6) is 0.883. The van der Waals surface area contributed by atoms with Crippen LogP contribution in [0.15, 0.2) is 55.1 Å². The zero-order chi connectivity index (χ0) is 17.5. The topological polar surface area (TPSA) is 84.7 Å². The summed E-state index contributed by atoms with van der Waals surface area (Å²) in [5, 5.41) is 5.49. The van der Waals surface area contributed by atoms with E-state index in [1.165, 1.54) is 12.1 Å². The number of aromatic nitrogens is 4. The molecule has 25 heavy (non-hydrogen) atoms. The number of hydrogen-bond donors (Lipinski definition) is 2. The molecule has 0 unspecified atom stereocenters. The first-order chi connectivity index (χ1) is 12.2. The van der Waals surface area contributed by atoms with E-state index in [2.05, 4.69) is 25.6 Å². The number of nitrogens with one attached hydrogen (secondary N) is 2. The molecule has 0 spiro atoms. The van der Waals surface area contributed by atoms with Gasteiger partial charge in [-0.15, -0.1) is 0 Å². The molecule has 3 rings (SSSR count). The average molecular weight is 340 g/mol. The monoisotopic (exact) mass is 340 g/mol. The molecule has 0 aliphatic carbocycles. The lowest BCUT2D eigenvalue weighted by molar-refractivity contribution is 0.240. The normalized spacial score (nSPS) is 10.4. The standard InChI is InChI=1S/C17H17FN6O/c18-14-4-2-13(3-5-14)12-23-17(25)22-9-11-24-10-8-21-16(24)15-19-6-1-7-20-15/h1-8,10H,9,11-12H2,(H2,22,23,25). The fraction of sp³-hybridized carbons (Fsp3) is 0.176. The molecule has 0 atom stereocenters. The van der Waals surface area contributed by atoms with Gasteiger partial charge in [0.25, 0.3) is 0 Å². The molecule has 8 heteroatoms. The highest BCUT2D eigenvalue weighted by molar-refractivity contribution is 5.73. The van der Waals surface area contributed by atoms with E-state index in [1.54, 1.807) is 36.8 Å². The molecule has 0 aliphatic rings. The summed E-state index contributed by atoms with van der Waals surface area (Å²) >= 11 is 0. The summed E-state index contributed by atoms with van der Waals surface area (Å²) in [7, 11) is 0. The van der Waals surface area contributed by atoms with Gasteiger partial charge in [-0.2, -0.15) is 0 Å². The summed E-state index contributed by atoms with van der Waals surface area (Å²) in [6, 6.07) is 7.44. The number of hydrogen-bond acceptors (Lipinski definition) is 4. The van der Waals surface area contributed by atoms with Crippen LogP contribution >= 0.6 is 0 Å². The van der Waals surface area contributed by atoms with Crippen molar-refractivity contribution in [2.75, 3.05) is 6.54 Å². The summed E-state index contributed by atoms with van der Waals surface area (Å²) in [6.45, 7) is 1.29. The van der Waals surface area contributed by atoms with Crippen LogP contribution in [0.25, 0.3) is 11.6 Å². The molecular weight excluding hydrogens is 323 g/mol. The van der Waals surface area contributed by atoms with Crippen molar-refractivity contribution in [1.82, 2.24) is 30.2 Å². The van der Waals surface area contributed by atoms with Gasteiger partial charge in [-0.25, -0.2) is 24.1 Å². The molecule has 0 fully saturated rings. The van der Waals surface area contributed by atoms with Gasteiger partial charge in [0.1, 0.15) is 5.82 Å². The van der Waals surface area contributed by atoms with Crippen molar-refractivity contribution in [3.05, 3.63) is 66.5 Å². The van der Waals surface area contributed by atoms with Gasteiger partial charge < -0.3 is 15.2 Å². The van der Waals surface area contributed by atoms with E-state index in [0.717, 1.165) is 5.56 Å². The molecule has 128 valence electrons. The van der Waals surface area contributed by atoms with Crippen LogP contribution in [0.4, 0.5) is 9.18 Å². The van der Waals surface area contributed by atoms with E-state index in [4.69, 9.17) is 0 Å².